The minimum absolute atomic E-state index is 0.0236. The lowest BCUT2D eigenvalue weighted by molar-refractivity contribution is -0.0488. The quantitative estimate of drug-likeness (QED) is 0.694. The van der Waals surface area contributed by atoms with Crippen molar-refractivity contribution in [1.82, 2.24) is 9.88 Å². The second kappa shape index (κ2) is 8.13. The third kappa shape index (κ3) is 3.38. The minimum atomic E-state index is -0.0259. The van der Waals surface area contributed by atoms with Crippen LogP contribution in [0.5, 0.6) is 5.75 Å². The summed E-state index contributed by atoms with van der Waals surface area (Å²) in [6.07, 6.45) is 3.29. The molecule has 158 valence electrons. The van der Waals surface area contributed by atoms with E-state index in [1.54, 1.807) is 31.6 Å². The number of nitrogens with zero attached hydrogens (tertiary/aromatic N) is 3. The van der Waals surface area contributed by atoms with Gasteiger partial charge in [-0.15, -0.1) is 0 Å². The summed E-state index contributed by atoms with van der Waals surface area (Å²) >= 11 is 0. The van der Waals surface area contributed by atoms with Gasteiger partial charge in [0, 0.05) is 54.7 Å². The standard InChI is InChI=1S/C25H25N3O3/c1-31-19-6-4-5-17(13-19)14-27-22-15-28(25(30)18-9-11-26-12-10-18)21-8-3-2-7-20(21)24(22)23(27)16-29/h2-13,22-24,29H,14-16H2,1H3/t22-,23+,24+/m1/s1. The number of amides is 1. The number of para-hydroxylation sites is 1. The molecule has 0 radical (unpaired) electrons. The number of methoxy groups -OCH3 is 1. The number of carbonyl (C=O) groups excluding carboxylic acids is 1. The van der Waals surface area contributed by atoms with Crippen LogP contribution in [0, 0.1) is 0 Å². The molecule has 1 fully saturated rings. The number of benzene rings is 2. The number of hydrogen-bond donors (Lipinski definition) is 1. The van der Waals surface area contributed by atoms with E-state index in [1.807, 2.05) is 41.3 Å². The van der Waals surface area contributed by atoms with Gasteiger partial charge in [-0.05, 0) is 41.5 Å². The van der Waals surface area contributed by atoms with Crippen molar-refractivity contribution in [3.05, 3.63) is 89.7 Å². The number of aliphatic hydroxyl groups is 1. The Hall–Kier alpha value is -3.22. The van der Waals surface area contributed by atoms with E-state index in [0.29, 0.717) is 18.7 Å². The summed E-state index contributed by atoms with van der Waals surface area (Å²) in [4.78, 5) is 21.6. The second-order valence-electron chi connectivity index (χ2n) is 8.08. The fourth-order valence-electron chi connectivity index (χ4n) is 5.02. The summed E-state index contributed by atoms with van der Waals surface area (Å²) in [5.41, 5.74) is 3.81. The van der Waals surface area contributed by atoms with Crippen molar-refractivity contribution in [1.29, 1.82) is 0 Å². The van der Waals surface area contributed by atoms with E-state index in [1.165, 1.54) is 0 Å². The molecule has 1 saturated heterocycles. The number of aliphatic hydroxyl groups excluding tert-OH is 1. The highest BCUT2D eigenvalue weighted by atomic mass is 16.5. The van der Waals surface area contributed by atoms with E-state index in [-0.39, 0.29) is 30.5 Å². The molecule has 2 aliphatic rings. The molecule has 3 aromatic rings. The van der Waals surface area contributed by atoms with Gasteiger partial charge in [0.1, 0.15) is 5.75 Å². The number of ether oxygens (including phenoxy) is 1. The number of pyridine rings is 1. The highest BCUT2D eigenvalue weighted by Crippen LogP contribution is 2.49. The van der Waals surface area contributed by atoms with Gasteiger partial charge < -0.3 is 14.7 Å². The first-order valence-electron chi connectivity index (χ1n) is 10.5. The molecule has 0 saturated carbocycles. The van der Waals surface area contributed by atoms with Crippen LogP contribution in [-0.4, -0.2) is 53.2 Å². The van der Waals surface area contributed by atoms with E-state index < -0.39 is 0 Å². The van der Waals surface area contributed by atoms with E-state index in [4.69, 9.17) is 4.74 Å². The normalized spacial score (nSPS) is 22.3. The van der Waals surface area contributed by atoms with Crippen molar-refractivity contribution >= 4 is 11.6 Å². The molecule has 6 nitrogen and oxygen atoms in total. The lowest BCUT2D eigenvalue weighted by Crippen LogP contribution is -2.68. The van der Waals surface area contributed by atoms with E-state index in [2.05, 4.69) is 22.0 Å². The maximum atomic E-state index is 13.4. The number of carbonyl (C=O) groups is 1. The van der Waals surface area contributed by atoms with Crippen LogP contribution in [0.25, 0.3) is 0 Å². The van der Waals surface area contributed by atoms with Crippen molar-refractivity contribution in [2.45, 2.75) is 24.5 Å². The van der Waals surface area contributed by atoms with Crippen LogP contribution in [0.4, 0.5) is 5.69 Å². The van der Waals surface area contributed by atoms with Crippen LogP contribution in [-0.2, 0) is 6.54 Å². The average molecular weight is 415 g/mol. The molecule has 1 amide bonds. The first-order valence-corrected chi connectivity index (χ1v) is 10.5. The first kappa shape index (κ1) is 19.7. The Labute approximate surface area is 181 Å². The van der Waals surface area contributed by atoms with E-state index in [0.717, 1.165) is 22.6 Å². The Morgan fingerprint density at radius 1 is 1.13 bits per heavy atom. The van der Waals surface area contributed by atoms with Gasteiger partial charge in [0.05, 0.1) is 13.7 Å². The maximum Gasteiger partial charge on any atom is 0.258 e. The third-order valence-corrected chi connectivity index (χ3v) is 6.50. The smallest absolute Gasteiger partial charge is 0.258 e. The zero-order chi connectivity index (χ0) is 21.4. The lowest BCUT2D eigenvalue weighted by atomic mass is 9.71. The van der Waals surface area contributed by atoms with Gasteiger partial charge in [-0.1, -0.05) is 30.3 Å². The van der Waals surface area contributed by atoms with Gasteiger partial charge in [0.25, 0.3) is 5.91 Å². The zero-order valence-electron chi connectivity index (χ0n) is 17.4. The fourth-order valence-corrected chi connectivity index (χ4v) is 5.02. The van der Waals surface area contributed by atoms with Crippen molar-refractivity contribution in [3.8, 4) is 5.75 Å². The van der Waals surface area contributed by atoms with Crippen LogP contribution in [0.1, 0.15) is 27.4 Å². The van der Waals surface area contributed by atoms with Crippen molar-refractivity contribution in [2.75, 3.05) is 25.2 Å². The Morgan fingerprint density at radius 3 is 2.71 bits per heavy atom. The molecule has 3 atom stereocenters. The van der Waals surface area contributed by atoms with Gasteiger partial charge >= 0.3 is 0 Å². The van der Waals surface area contributed by atoms with Crippen molar-refractivity contribution in [2.24, 2.45) is 0 Å². The molecule has 5 rings (SSSR count). The van der Waals surface area contributed by atoms with Gasteiger partial charge in [-0.2, -0.15) is 0 Å². The lowest BCUT2D eigenvalue weighted by Gasteiger charge is -2.59. The molecule has 31 heavy (non-hydrogen) atoms. The number of likely N-dealkylation sites (tertiary alicyclic amines) is 1. The van der Waals surface area contributed by atoms with Crippen molar-refractivity contribution < 1.29 is 14.6 Å². The van der Waals surface area contributed by atoms with Crippen LogP contribution >= 0.6 is 0 Å². The molecular weight excluding hydrogens is 390 g/mol. The molecular formula is C25H25N3O3. The summed E-state index contributed by atoms with van der Waals surface area (Å²) < 4.78 is 5.37. The number of aromatic nitrogens is 1. The van der Waals surface area contributed by atoms with E-state index in [9.17, 15) is 9.90 Å². The summed E-state index contributed by atoms with van der Waals surface area (Å²) in [5.74, 6) is 0.994. The van der Waals surface area contributed by atoms with Gasteiger partial charge in [-0.25, -0.2) is 0 Å². The summed E-state index contributed by atoms with van der Waals surface area (Å²) in [6, 6.07) is 19.7. The summed E-state index contributed by atoms with van der Waals surface area (Å²) in [6.45, 7) is 1.37. The Balaban J connectivity index is 1.48. The van der Waals surface area contributed by atoms with Crippen LogP contribution in [0.3, 0.4) is 0 Å². The van der Waals surface area contributed by atoms with Gasteiger partial charge in [0.15, 0.2) is 0 Å². The molecule has 0 spiro atoms. The van der Waals surface area contributed by atoms with Crippen molar-refractivity contribution in [3.63, 3.8) is 0 Å². The Morgan fingerprint density at radius 2 is 1.94 bits per heavy atom. The molecule has 0 aliphatic carbocycles. The summed E-state index contributed by atoms with van der Waals surface area (Å²) in [7, 11) is 1.66. The number of rotatable bonds is 5. The second-order valence-corrected chi connectivity index (χ2v) is 8.08. The highest BCUT2D eigenvalue weighted by molar-refractivity contribution is 6.07. The topological polar surface area (TPSA) is 65.9 Å². The number of fused-ring (bicyclic) bond motifs is 3. The molecule has 0 unspecified atom stereocenters. The zero-order valence-corrected chi connectivity index (χ0v) is 17.4. The monoisotopic (exact) mass is 415 g/mol. The summed E-state index contributed by atoms with van der Waals surface area (Å²) in [5, 5.41) is 10.2. The van der Waals surface area contributed by atoms with E-state index >= 15 is 0 Å². The maximum absolute atomic E-state index is 13.4. The van der Waals surface area contributed by atoms with Gasteiger partial charge in [-0.3, -0.25) is 14.7 Å². The molecule has 1 N–H and O–H groups in total. The number of anilines is 1. The van der Waals surface area contributed by atoms with Gasteiger partial charge in [0.2, 0.25) is 0 Å². The Bertz CT molecular complexity index is 1090. The molecule has 2 aromatic carbocycles. The predicted molar refractivity (Wildman–Crippen MR) is 118 cm³/mol. The van der Waals surface area contributed by atoms with Crippen LogP contribution in [0.2, 0.25) is 0 Å². The highest BCUT2D eigenvalue weighted by Gasteiger charge is 2.53. The predicted octanol–water partition coefficient (Wildman–Crippen LogP) is 3.08. The third-order valence-electron chi connectivity index (χ3n) is 6.50. The minimum Gasteiger partial charge on any atom is -0.497 e. The number of hydrogen-bond acceptors (Lipinski definition) is 5. The molecule has 6 heteroatoms. The molecule has 1 aromatic heterocycles. The largest absolute Gasteiger partial charge is 0.497 e. The first-order chi connectivity index (χ1) is 15.2. The SMILES string of the molecule is COc1cccc(CN2[C@@H]3CN(C(=O)c4ccncc4)c4ccccc4[C@@H]3[C@@H]2CO)c1. The Kier molecular flexibility index (Phi) is 5.18. The van der Waals surface area contributed by atoms with Crippen LogP contribution in [0.15, 0.2) is 73.1 Å². The fraction of sp³-hybridized carbons (Fsp3) is 0.280. The molecule has 2 aliphatic heterocycles. The molecule has 0 bridgehead atoms. The van der Waals surface area contributed by atoms with Crippen LogP contribution < -0.4 is 9.64 Å². The molecule has 3 heterocycles. The average Bonchev–Trinajstić information content (AvgIpc) is 2.83.